The van der Waals surface area contributed by atoms with Gasteiger partial charge >= 0.3 is 0 Å². The van der Waals surface area contributed by atoms with Gasteiger partial charge < -0.3 is 10.6 Å². The molecule has 1 amide bonds. The summed E-state index contributed by atoms with van der Waals surface area (Å²) < 4.78 is 1.83. The maximum absolute atomic E-state index is 12.4. The lowest BCUT2D eigenvalue weighted by atomic mass is 10.1. The fourth-order valence-electron chi connectivity index (χ4n) is 2.40. The normalized spacial score (nSPS) is 12.2. The number of rotatable bonds is 6. The first-order valence-corrected chi connectivity index (χ1v) is 8.04. The first-order valence-electron chi connectivity index (χ1n) is 7.67. The highest BCUT2D eigenvalue weighted by molar-refractivity contribution is 6.31. The molecule has 1 atom stereocenters. The highest BCUT2D eigenvalue weighted by Gasteiger charge is 2.19. The second-order valence-electron chi connectivity index (χ2n) is 5.69. The predicted octanol–water partition coefficient (Wildman–Crippen LogP) is 2.54. The number of nitrogens with one attached hydrogen (secondary N) is 2. The van der Waals surface area contributed by atoms with Crippen molar-refractivity contribution in [3.8, 4) is 0 Å². The van der Waals surface area contributed by atoms with Crippen LogP contribution in [0.1, 0.15) is 34.2 Å². The van der Waals surface area contributed by atoms with Gasteiger partial charge in [-0.05, 0) is 39.4 Å². The van der Waals surface area contributed by atoms with E-state index < -0.39 is 0 Å². The molecule has 0 aliphatic rings. The Bertz CT molecular complexity index is 696. The van der Waals surface area contributed by atoms with E-state index in [1.165, 1.54) is 0 Å². The minimum Gasteiger partial charge on any atom is -0.350 e. The third-order valence-corrected chi connectivity index (χ3v) is 4.32. The molecule has 0 aliphatic heterocycles. The number of carbonyl (C=O) groups is 1. The number of hydrogen-bond donors (Lipinski definition) is 2. The van der Waals surface area contributed by atoms with Crippen molar-refractivity contribution in [1.82, 2.24) is 20.4 Å². The van der Waals surface area contributed by atoms with Crippen LogP contribution in [0.3, 0.4) is 0 Å². The van der Waals surface area contributed by atoms with Crippen LogP contribution in [-0.4, -0.2) is 35.3 Å². The van der Waals surface area contributed by atoms with E-state index in [9.17, 15) is 4.79 Å². The number of benzene rings is 1. The molecule has 2 rings (SSSR count). The highest BCUT2D eigenvalue weighted by Crippen LogP contribution is 2.19. The van der Waals surface area contributed by atoms with Gasteiger partial charge in [0.05, 0.1) is 17.8 Å². The number of amides is 1. The molecule has 0 saturated heterocycles. The molecule has 0 spiro atoms. The summed E-state index contributed by atoms with van der Waals surface area (Å²) >= 11 is 6.21. The summed E-state index contributed by atoms with van der Waals surface area (Å²) in [5.41, 5.74) is 3.19. The number of aromatic nitrogens is 2. The maximum Gasteiger partial charge on any atom is 0.255 e. The van der Waals surface area contributed by atoms with Crippen LogP contribution in [0.4, 0.5) is 0 Å². The molecule has 0 bridgehead atoms. The minimum absolute atomic E-state index is 0.0903. The largest absolute Gasteiger partial charge is 0.350 e. The molecule has 0 fully saturated rings. The van der Waals surface area contributed by atoms with Crippen molar-refractivity contribution in [1.29, 1.82) is 0 Å². The summed E-state index contributed by atoms with van der Waals surface area (Å²) in [6.45, 7) is 6.90. The van der Waals surface area contributed by atoms with E-state index >= 15 is 0 Å². The molecule has 1 aromatic heterocycles. The van der Waals surface area contributed by atoms with Gasteiger partial charge in [-0.15, -0.1) is 0 Å². The molecule has 0 aliphatic carbocycles. The lowest BCUT2D eigenvalue weighted by Crippen LogP contribution is -2.37. The van der Waals surface area contributed by atoms with E-state index in [-0.39, 0.29) is 11.9 Å². The Balaban J connectivity index is 2.19. The van der Waals surface area contributed by atoms with E-state index in [0.29, 0.717) is 23.7 Å². The third-order valence-electron chi connectivity index (χ3n) is 3.95. The number of likely N-dealkylation sites (N-methyl/N-ethyl adjacent to an activating group) is 1. The van der Waals surface area contributed by atoms with Crippen molar-refractivity contribution in [2.24, 2.45) is 0 Å². The molecular formula is C17H23ClN4O. The zero-order valence-electron chi connectivity index (χ0n) is 14.0. The second-order valence-corrected chi connectivity index (χ2v) is 6.10. The predicted molar refractivity (Wildman–Crippen MR) is 93.1 cm³/mol. The summed E-state index contributed by atoms with van der Waals surface area (Å²) in [7, 11) is 1.87. The van der Waals surface area contributed by atoms with E-state index in [2.05, 4.69) is 15.7 Å². The molecule has 1 heterocycles. The number of carbonyl (C=O) groups excluding carboxylic acids is 1. The Morgan fingerprint density at radius 2 is 2.04 bits per heavy atom. The van der Waals surface area contributed by atoms with Crippen molar-refractivity contribution in [3.05, 3.63) is 51.8 Å². The number of halogens is 1. The third kappa shape index (κ3) is 4.12. The van der Waals surface area contributed by atoms with Crippen molar-refractivity contribution in [3.63, 3.8) is 0 Å². The Hall–Kier alpha value is -1.85. The minimum atomic E-state index is -0.0903. The topological polar surface area (TPSA) is 58.9 Å². The van der Waals surface area contributed by atoms with E-state index in [1.54, 1.807) is 0 Å². The standard InChI is InChI=1S/C17H23ClN4O/c1-11(19-4)9-20-17(23)16-12(2)21-22(13(16)3)10-14-7-5-6-8-15(14)18/h5-8,11,19H,9-10H2,1-4H3,(H,20,23). The lowest BCUT2D eigenvalue weighted by molar-refractivity contribution is 0.0949. The van der Waals surface area contributed by atoms with E-state index in [4.69, 9.17) is 11.6 Å². The Kier molecular flexibility index (Phi) is 5.80. The lowest BCUT2D eigenvalue weighted by Gasteiger charge is -2.11. The zero-order valence-corrected chi connectivity index (χ0v) is 14.7. The fraction of sp³-hybridized carbons (Fsp3) is 0.412. The van der Waals surface area contributed by atoms with Gasteiger partial charge in [0.15, 0.2) is 0 Å². The van der Waals surface area contributed by atoms with Crippen molar-refractivity contribution >= 4 is 17.5 Å². The molecule has 5 nitrogen and oxygen atoms in total. The van der Waals surface area contributed by atoms with Gasteiger partial charge in [0, 0.05) is 23.3 Å². The number of aryl methyl sites for hydroxylation is 1. The number of hydrogen-bond acceptors (Lipinski definition) is 3. The summed E-state index contributed by atoms with van der Waals surface area (Å²) in [4.78, 5) is 12.4. The van der Waals surface area contributed by atoms with Crippen LogP contribution in [0.25, 0.3) is 0 Å². The zero-order chi connectivity index (χ0) is 17.0. The Morgan fingerprint density at radius 1 is 1.35 bits per heavy atom. The molecule has 1 unspecified atom stereocenters. The quantitative estimate of drug-likeness (QED) is 0.853. The highest BCUT2D eigenvalue weighted by atomic mass is 35.5. The molecule has 6 heteroatoms. The van der Waals surface area contributed by atoms with Gasteiger partial charge in [-0.3, -0.25) is 9.48 Å². The van der Waals surface area contributed by atoms with Crippen LogP contribution in [0.15, 0.2) is 24.3 Å². The Morgan fingerprint density at radius 3 is 2.70 bits per heavy atom. The first kappa shape index (κ1) is 17.5. The number of nitrogens with zero attached hydrogens (tertiary/aromatic N) is 2. The van der Waals surface area contributed by atoms with E-state index in [0.717, 1.165) is 17.0 Å². The van der Waals surface area contributed by atoms with Crippen molar-refractivity contribution in [2.75, 3.05) is 13.6 Å². The average Bonchev–Trinajstić information content (AvgIpc) is 2.81. The maximum atomic E-state index is 12.4. The van der Waals surface area contributed by atoms with Crippen LogP contribution in [0.5, 0.6) is 0 Å². The summed E-state index contributed by atoms with van der Waals surface area (Å²) in [5.74, 6) is -0.0903. The van der Waals surface area contributed by atoms with E-state index in [1.807, 2.05) is 56.8 Å². The fourth-order valence-corrected chi connectivity index (χ4v) is 2.60. The molecule has 124 valence electrons. The molecule has 23 heavy (non-hydrogen) atoms. The van der Waals surface area contributed by atoms with Crippen LogP contribution < -0.4 is 10.6 Å². The molecule has 1 aromatic carbocycles. The Labute approximate surface area is 142 Å². The molecule has 0 radical (unpaired) electrons. The van der Waals surface area contributed by atoms with Gasteiger partial charge in [-0.2, -0.15) is 5.10 Å². The van der Waals surface area contributed by atoms with Crippen LogP contribution >= 0.6 is 11.6 Å². The van der Waals surface area contributed by atoms with Crippen molar-refractivity contribution in [2.45, 2.75) is 33.4 Å². The SMILES string of the molecule is CNC(C)CNC(=O)c1c(C)nn(Cc2ccccc2Cl)c1C. The van der Waals surface area contributed by atoms with Gasteiger partial charge in [0.2, 0.25) is 0 Å². The van der Waals surface area contributed by atoms with Gasteiger partial charge in [0.1, 0.15) is 0 Å². The van der Waals surface area contributed by atoms with Gasteiger partial charge in [-0.1, -0.05) is 29.8 Å². The molecule has 2 N–H and O–H groups in total. The second kappa shape index (κ2) is 7.62. The van der Waals surface area contributed by atoms with Crippen LogP contribution in [-0.2, 0) is 6.54 Å². The summed E-state index contributed by atoms with van der Waals surface area (Å²) in [6.07, 6.45) is 0. The van der Waals surface area contributed by atoms with Crippen LogP contribution in [0, 0.1) is 13.8 Å². The molecule has 0 saturated carbocycles. The van der Waals surface area contributed by atoms with Crippen molar-refractivity contribution < 1.29 is 4.79 Å². The van der Waals surface area contributed by atoms with Crippen LogP contribution in [0.2, 0.25) is 5.02 Å². The molecule has 2 aromatic rings. The summed E-state index contributed by atoms with van der Waals surface area (Å²) in [6, 6.07) is 7.88. The van der Waals surface area contributed by atoms with Gasteiger partial charge in [0.25, 0.3) is 5.91 Å². The summed E-state index contributed by atoms with van der Waals surface area (Å²) in [5, 5.41) is 11.2. The first-order chi connectivity index (χ1) is 10.9. The smallest absolute Gasteiger partial charge is 0.255 e. The molecular weight excluding hydrogens is 312 g/mol. The monoisotopic (exact) mass is 334 g/mol. The average molecular weight is 335 g/mol. The van der Waals surface area contributed by atoms with Gasteiger partial charge in [-0.25, -0.2) is 0 Å².